The Bertz CT molecular complexity index is 940. The van der Waals surface area contributed by atoms with Crippen LogP contribution in [0.1, 0.15) is 44.7 Å². The molecule has 1 unspecified atom stereocenters. The highest BCUT2D eigenvalue weighted by Crippen LogP contribution is 2.29. The highest BCUT2D eigenvalue weighted by Gasteiger charge is 2.29. The summed E-state index contributed by atoms with van der Waals surface area (Å²) in [6.07, 6.45) is 3.21. The number of hydrogen-bond donors (Lipinski definition) is 0. The minimum Gasteiger partial charge on any atom is -0.481 e. The molecule has 1 fully saturated rings. The highest BCUT2D eigenvalue weighted by molar-refractivity contribution is 5.84. The van der Waals surface area contributed by atoms with Gasteiger partial charge in [0.05, 0.1) is 12.2 Å². The van der Waals surface area contributed by atoms with Crippen molar-refractivity contribution in [2.75, 3.05) is 13.1 Å². The van der Waals surface area contributed by atoms with Gasteiger partial charge in [0.2, 0.25) is 0 Å². The van der Waals surface area contributed by atoms with E-state index in [2.05, 4.69) is 0 Å². The summed E-state index contributed by atoms with van der Waals surface area (Å²) in [5, 5.41) is 0.969. The summed E-state index contributed by atoms with van der Waals surface area (Å²) in [4.78, 5) is 26.9. The van der Waals surface area contributed by atoms with Crippen LogP contribution in [0.25, 0.3) is 11.0 Å². The molecule has 0 saturated carbocycles. The van der Waals surface area contributed by atoms with Crippen LogP contribution in [0.3, 0.4) is 0 Å². The summed E-state index contributed by atoms with van der Waals surface area (Å²) in [7, 11) is 0. The number of carbonyl (C=O) groups is 1. The van der Waals surface area contributed by atoms with E-state index < -0.39 is 6.10 Å². The van der Waals surface area contributed by atoms with Gasteiger partial charge in [-0.25, -0.2) is 4.79 Å². The molecule has 1 aliphatic heterocycles. The first-order valence-electron chi connectivity index (χ1n) is 10.1. The predicted molar refractivity (Wildman–Crippen MR) is 106 cm³/mol. The van der Waals surface area contributed by atoms with Crippen molar-refractivity contribution in [3.63, 3.8) is 0 Å². The summed E-state index contributed by atoms with van der Waals surface area (Å²) in [5.74, 6) is 0.468. The molecule has 3 atom stereocenters. The van der Waals surface area contributed by atoms with Crippen LogP contribution in [0, 0.1) is 0 Å². The number of hydrogen-bond acceptors (Lipinski definition) is 5. The maximum Gasteiger partial charge on any atom is 0.339 e. The van der Waals surface area contributed by atoms with E-state index in [9.17, 15) is 9.59 Å². The molecule has 1 aromatic carbocycles. The van der Waals surface area contributed by atoms with Crippen molar-refractivity contribution in [2.24, 2.45) is 0 Å². The van der Waals surface area contributed by atoms with Gasteiger partial charge >= 0.3 is 5.63 Å². The third-order valence-electron chi connectivity index (χ3n) is 5.59. The van der Waals surface area contributed by atoms with Gasteiger partial charge in [-0.15, -0.1) is 0 Å². The lowest BCUT2D eigenvalue weighted by Gasteiger charge is -2.36. The molecule has 4 rings (SSSR count). The van der Waals surface area contributed by atoms with E-state index in [1.54, 1.807) is 17.9 Å². The lowest BCUT2D eigenvalue weighted by Crippen LogP contribution is -2.51. The molecule has 0 bridgehead atoms. The Kier molecular flexibility index (Phi) is 5.15. The van der Waals surface area contributed by atoms with Crippen LogP contribution in [0.15, 0.2) is 27.4 Å². The molecule has 28 heavy (non-hydrogen) atoms. The lowest BCUT2D eigenvalue weighted by atomic mass is 9.91. The Labute approximate surface area is 164 Å². The van der Waals surface area contributed by atoms with Gasteiger partial charge in [0.25, 0.3) is 5.91 Å². The standard InChI is InChI=1S/C22H27NO5/c1-13-11-23(12-14(2)26-13)21(24)15(3)27-16-8-9-18-17-6-4-5-7-19(17)22(25)28-20(18)10-16/h8-10,13-15H,4-7,11-12H2,1-3H3/t13-,14+,15?. The van der Waals surface area contributed by atoms with Crippen molar-refractivity contribution in [1.29, 1.82) is 0 Å². The average molecular weight is 385 g/mol. The van der Waals surface area contributed by atoms with E-state index in [-0.39, 0.29) is 23.7 Å². The Morgan fingerprint density at radius 3 is 2.54 bits per heavy atom. The summed E-state index contributed by atoms with van der Waals surface area (Å²) >= 11 is 0. The van der Waals surface area contributed by atoms with Crippen molar-refractivity contribution in [3.8, 4) is 5.75 Å². The van der Waals surface area contributed by atoms with E-state index in [1.165, 1.54) is 0 Å². The van der Waals surface area contributed by atoms with Gasteiger partial charge in [-0.2, -0.15) is 0 Å². The van der Waals surface area contributed by atoms with Gasteiger partial charge in [0, 0.05) is 30.1 Å². The van der Waals surface area contributed by atoms with Crippen LogP contribution in [0.5, 0.6) is 5.75 Å². The maximum absolute atomic E-state index is 12.8. The topological polar surface area (TPSA) is 69.0 Å². The van der Waals surface area contributed by atoms with Crippen molar-refractivity contribution >= 4 is 16.9 Å². The normalized spacial score (nSPS) is 23.3. The second kappa shape index (κ2) is 7.59. The lowest BCUT2D eigenvalue weighted by molar-refractivity contribution is -0.149. The molecule has 1 amide bonds. The second-order valence-electron chi connectivity index (χ2n) is 7.97. The first kappa shape index (κ1) is 19.0. The average Bonchev–Trinajstić information content (AvgIpc) is 2.66. The Hall–Kier alpha value is -2.34. The van der Waals surface area contributed by atoms with Gasteiger partial charge in [0.15, 0.2) is 6.10 Å². The quantitative estimate of drug-likeness (QED) is 0.760. The van der Waals surface area contributed by atoms with Crippen molar-refractivity contribution in [3.05, 3.63) is 39.7 Å². The van der Waals surface area contributed by atoms with E-state index in [1.807, 2.05) is 26.0 Å². The third kappa shape index (κ3) is 3.65. The SMILES string of the molecule is CC(Oc1ccc2c3c(c(=O)oc2c1)CCCC3)C(=O)N1C[C@@H](C)O[C@@H](C)C1. The number of fused-ring (bicyclic) bond motifs is 3. The minimum atomic E-state index is -0.626. The summed E-state index contributed by atoms with van der Waals surface area (Å²) in [6, 6.07) is 5.51. The fourth-order valence-corrected chi connectivity index (χ4v) is 4.37. The number of ether oxygens (including phenoxy) is 2. The molecule has 2 aromatic rings. The van der Waals surface area contributed by atoms with Gasteiger partial charge < -0.3 is 18.8 Å². The molecule has 0 radical (unpaired) electrons. The number of rotatable bonds is 3. The predicted octanol–water partition coefficient (Wildman–Crippen LogP) is 3.07. The number of carbonyl (C=O) groups excluding carboxylic acids is 1. The first-order valence-corrected chi connectivity index (χ1v) is 10.1. The molecule has 2 heterocycles. The van der Waals surface area contributed by atoms with Crippen molar-refractivity contribution in [2.45, 2.75) is 64.8 Å². The number of aryl methyl sites for hydroxylation is 1. The van der Waals surface area contributed by atoms with E-state index in [0.29, 0.717) is 24.4 Å². The van der Waals surface area contributed by atoms with Crippen molar-refractivity contribution < 1.29 is 18.7 Å². The van der Waals surface area contributed by atoms with Gasteiger partial charge in [-0.3, -0.25) is 4.79 Å². The number of nitrogens with zero attached hydrogens (tertiary/aromatic N) is 1. The Balaban J connectivity index is 1.54. The third-order valence-corrected chi connectivity index (χ3v) is 5.59. The van der Waals surface area contributed by atoms with Crippen LogP contribution < -0.4 is 10.4 Å². The molecule has 150 valence electrons. The van der Waals surface area contributed by atoms with Crippen LogP contribution in [-0.4, -0.2) is 42.2 Å². The summed E-state index contributed by atoms with van der Waals surface area (Å²) in [5.41, 5.74) is 2.19. The van der Waals surface area contributed by atoms with Crippen LogP contribution in [0.2, 0.25) is 0 Å². The molecular weight excluding hydrogens is 358 g/mol. The molecule has 6 nitrogen and oxygen atoms in total. The van der Waals surface area contributed by atoms with E-state index >= 15 is 0 Å². The van der Waals surface area contributed by atoms with Crippen LogP contribution in [-0.2, 0) is 22.4 Å². The first-order chi connectivity index (χ1) is 13.4. The molecule has 1 aromatic heterocycles. The summed E-state index contributed by atoms with van der Waals surface area (Å²) < 4.78 is 17.1. The monoisotopic (exact) mass is 385 g/mol. The van der Waals surface area contributed by atoms with E-state index in [4.69, 9.17) is 13.9 Å². The Morgan fingerprint density at radius 2 is 1.82 bits per heavy atom. The fourth-order valence-electron chi connectivity index (χ4n) is 4.37. The smallest absolute Gasteiger partial charge is 0.339 e. The minimum absolute atomic E-state index is 0.0148. The molecule has 1 saturated heterocycles. The summed E-state index contributed by atoms with van der Waals surface area (Å²) in [6.45, 7) is 6.81. The molecular formula is C22H27NO5. The Morgan fingerprint density at radius 1 is 1.14 bits per heavy atom. The van der Waals surface area contributed by atoms with Gasteiger partial charge in [-0.05, 0) is 64.2 Å². The zero-order chi connectivity index (χ0) is 19.8. The largest absolute Gasteiger partial charge is 0.481 e. The maximum atomic E-state index is 12.8. The van der Waals surface area contributed by atoms with Gasteiger partial charge in [0.1, 0.15) is 11.3 Å². The fraction of sp³-hybridized carbons (Fsp3) is 0.545. The van der Waals surface area contributed by atoms with Gasteiger partial charge in [-0.1, -0.05) is 0 Å². The zero-order valence-corrected chi connectivity index (χ0v) is 16.7. The molecule has 0 N–H and O–H groups in total. The van der Waals surface area contributed by atoms with Crippen molar-refractivity contribution in [1.82, 2.24) is 4.90 Å². The molecule has 6 heteroatoms. The number of morpholine rings is 1. The molecule has 1 aliphatic carbocycles. The number of amides is 1. The van der Waals surface area contributed by atoms with Crippen LogP contribution in [0.4, 0.5) is 0 Å². The van der Waals surface area contributed by atoms with E-state index in [0.717, 1.165) is 42.2 Å². The second-order valence-corrected chi connectivity index (χ2v) is 7.97. The van der Waals surface area contributed by atoms with Crippen LogP contribution >= 0.6 is 0 Å². The highest BCUT2D eigenvalue weighted by atomic mass is 16.5. The number of benzene rings is 1. The molecule has 0 spiro atoms. The zero-order valence-electron chi connectivity index (χ0n) is 16.7. The molecule has 2 aliphatic rings.